The van der Waals surface area contributed by atoms with Gasteiger partial charge in [-0.05, 0) is 18.1 Å². The molecule has 138 valence electrons. The summed E-state index contributed by atoms with van der Waals surface area (Å²) >= 11 is 0. The lowest BCUT2D eigenvalue weighted by Gasteiger charge is -2.37. The first-order chi connectivity index (χ1) is 12.7. The molecule has 2 fully saturated rings. The number of rotatable bonds is 6. The normalized spacial score (nSPS) is 33.3. The Morgan fingerprint density at radius 2 is 1.54 bits per heavy atom. The zero-order valence-corrected chi connectivity index (χ0v) is 14.8. The molecule has 2 bridgehead atoms. The summed E-state index contributed by atoms with van der Waals surface area (Å²) in [5, 5.41) is 10.4. The van der Waals surface area contributed by atoms with Gasteiger partial charge >= 0.3 is 0 Å². The van der Waals surface area contributed by atoms with Gasteiger partial charge < -0.3 is 24.1 Å². The number of hydrogen-bond acceptors (Lipinski definition) is 5. The Morgan fingerprint density at radius 1 is 0.962 bits per heavy atom. The minimum atomic E-state index is -0.848. The first-order valence-electron chi connectivity index (χ1n) is 8.95. The van der Waals surface area contributed by atoms with Gasteiger partial charge in [0.2, 0.25) is 0 Å². The predicted molar refractivity (Wildman–Crippen MR) is 95.3 cm³/mol. The van der Waals surface area contributed by atoms with Crippen molar-refractivity contribution in [2.75, 3.05) is 6.61 Å². The molecular formula is C21H24O5. The van der Waals surface area contributed by atoms with E-state index in [0.29, 0.717) is 13.2 Å². The van der Waals surface area contributed by atoms with Gasteiger partial charge in [0.15, 0.2) is 6.29 Å². The number of hydrogen-bond donors (Lipinski definition) is 1. The van der Waals surface area contributed by atoms with Gasteiger partial charge in [0.1, 0.15) is 23.9 Å². The summed E-state index contributed by atoms with van der Waals surface area (Å²) < 4.78 is 23.9. The molecule has 0 amide bonds. The van der Waals surface area contributed by atoms with Crippen LogP contribution in [0.2, 0.25) is 0 Å². The van der Waals surface area contributed by atoms with Gasteiger partial charge in [-0.25, -0.2) is 0 Å². The van der Waals surface area contributed by atoms with E-state index in [2.05, 4.69) is 0 Å². The Labute approximate surface area is 153 Å². The van der Waals surface area contributed by atoms with Crippen molar-refractivity contribution in [3.05, 3.63) is 71.8 Å². The van der Waals surface area contributed by atoms with Crippen molar-refractivity contribution in [1.29, 1.82) is 0 Å². The van der Waals surface area contributed by atoms with E-state index < -0.39 is 30.2 Å². The van der Waals surface area contributed by atoms with Crippen LogP contribution in [0.3, 0.4) is 0 Å². The molecule has 2 aliphatic heterocycles. The maximum Gasteiger partial charge on any atom is 0.187 e. The average molecular weight is 356 g/mol. The molecule has 0 saturated carbocycles. The Balaban J connectivity index is 1.50. The lowest BCUT2D eigenvalue weighted by molar-refractivity contribution is -0.273. The second kappa shape index (κ2) is 7.47. The molecule has 26 heavy (non-hydrogen) atoms. The third kappa shape index (κ3) is 3.41. The van der Waals surface area contributed by atoms with Crippen LogP contribution in [0.15, 0.2) is 60.7 Å². The number of aliphatic hydroxyl groups is 1. The Morgan fingerprint density at radius 3 is 2.15 bits per heavy atom. The first kappa shape index (κ1) is 17.6. The second-order valence-corrected chi connectivity index (χ2v) is 7.00. The van der Waals surface area contributed by atoms with Gasteiger partial charge in [-0.3, -0.25) is 0 Å². The SMILES string of the molecule is C[C@]12O[C@H](OC[C@H]1O)[C@H](OCc1ccccc1)[C@H]2OCc1ccccc1. The molecule has 0 radical (unpaired) electrons. The fourth-order valence-corrected chi connectivity index (χ4v) is 3.55. The lowest BCUT2D eigenvalue weighted by atomic mass is 9.92. The van der Waals surface area contributed by atoms with E-state index in [1.54, 1.807) is 0 Å². The zero-order valence-electron chi connectivity index (χ0n) is 14.8. The number of benzene rings is 2. The minimum Gasteiger partial charge on any atom is -0.388 e. The summed E-state index contributed by atoms with van der Waals surface area (Å²) in [6.07, 6.45) is -2.12. The molecule has 2 aromatic carbocycles. The van der Waals surface area contributed by atoms with Crippen LogP contribution >= 0.6 is 0 Å². The smallest absolute Gasteiger partial charge is 0.187 e. The van der Waals surface area contributed by atoms with Crippen molar-refractivity contribution >= 4 is 0 Å². The number of aliphatic hydroxyl groups excluding tert-OH is 1. The Hall–Kier alpha value is -1.76. The van der Waals surface area contributed by atoms with E-state index in [-0.39, 0.29) is 6.61 Å². The highest BCUT2D eigenvalue weighted by Gasteiger charge is 2.61. The number of ether oxygens (including phenoxy) is 4. The molecule has 5 nitrogen and oxygen atoms in total. The number of fused-ring (bicyclic) bond motifs is 2. The van der Waals surface area contributed by atoms with Crippen LogP contribution < -0.4 is 0 Å². The molecule has 2 aliphatic rings. The van der Waals surface area contributed by atoms with Crippen LogP contribution in [0.4, 0.5) is 0 Å². The van der Waals surface area contributed by atoms with E-state index in [4.69, 9.17) is 18.9 Å². The molecule has 2 aromatic rings. The maximum atomic E-state index is 10.4. The van der Waals surface area contributed by atoms with Crippen LogP contribution in [-0.4, -0.2) is 41.9 Å². The zero-order chi connectivity index (χ0) is 18.0. The van der Waals surface area contributed by atoms with E-state index >= 15 is 0 Å². The lowest BCUT2D eigenvalue weighted by Crippen LogP contribution is -2.53. The van der Waals surface area contributed by atoms with Crippen molar-refractivity contribution in [2.45, 2.75) is 50.3 Å². The van der Waals surface area contributed by atoms with Gasteiger partial charge in [0, 0.05) is 0 Å². The summed E-state index contributed by atoms with van der Waals surface area (Å²) in [5.41, 5.74) is 1.29. The third-order valence-corrected chi connectivity index (χ3v) is 5.14. The van der Waals surface area contributed by atoms with Crippen LogP contribution in [-0.2, 0) is 32.2 Å². The van der Waals surface area contributed by atoms with Crippen molar-refractivity contribution in [1.82, 2.24) is 0 Å². The summed E-state index contributed by atoms with van der Waals surface area (Å²) in [7, 11) is 0. The van der Waals surface area contributed by atoms with Gasteiger partial charge in [-0.2, -0.15) is 0 Å². The fourth-order valence-electron chi connectivity index (χ4n) is 3.55. The minimum absolute atomic E-state index is 0.220. The van der Waals surface area contributed by atoms with Gasteiger partial charge in [0.25, 0.3) is 0 Å². The molecule has 0 spiro atoms. The standard InChI is InChI=1S/C21H24O5/c1-21-17(22)14-25-20(26-21)18(23-12-15-8-4-2-5-9-15)19(21)24-13-16-10-6-3-7-11-16/h2-11,17-20,22H,12-14H2,1H3/t17-,18-,19-,20+,21+/m1/s1. The van der Waals surface area contributed by atoms with Crippen molar-refractivity contribution < 1.29 is 24.1 Å². The molecule has 1 N–H and O–H groups in total. The van der Waals surface area contributed by atoms with Gasteiger partial charge in [0.05, 0.1) is 19.8 Å². The van der Waals surface area contributed by atoms with E-state index in [0.717, 1.165) is 11.1 Å². The van der Waals surface area contributed by atoms with Gasteiger partial charge in [-0.1, -0.05) is 60.7 Å². The molecule has 2 heterocycles. The maximum absolute atomic E-state index is 10.4. The quantitative estimate of drug-likeness (QED) is 0.862. The topological polar surface area (TPSA) is 57.2 Å². The molecule has 0 unspecified atom stereocenters. The van der Waals surface area contributed by atoms with Crippen LogP contribution in [0, 0.1) is 0 Å². The summed E-state index contributed by atoms with van der Waals surface area (Å²) in [6, 6.07) is 19.9. The van der Waals surface area contributed by atoms with E-state index in [9.17, 15) is 5.11 Å². The van der Waals surface area contributed by atoms with E-state index in [1.165, 1.54) is 0 Å². The van der Waals surface area contributed by atoms with Crippen LogP contribution in [0.1, 0.15) is 18.1 Å². The van der Waals surface area contributed by atoms with Crippen LogP contribution in [0.25, 0.3) is 0 Å². The molecule has 5 heteroatoms. The fraction of sp³-hybridized carbons (Fsp3) is 0.429. The summed E-state index contributed by atoms with van der Waals surface area (Å²) in [5.74, 6) is 0. The van der Waals surface area contributed by atoms with Crippen molar-refractivity contribution in [3.63, 3.8) is 0 Å². The predicted octanol–water partition coefficient (Wildman–Crippen LogP) is 2.66. The van der Waals surface area contributed by atoms with Crippen LogP contribution in [0.5, 0.6) is 0 Å². The summed E-state index contributed by atoms with van der Waals surface area (Å²) in [4.78, 5) is 0. The largest absolute Gasteiger partial charge is 0.388 e. The average Bonchev–Trinajstić information content (AvgIpc) is 2.91. The Bertz CT molecular complexity index is 707. The van der Waals surface area contributed by atoms with Crippen molar-refractivity contribution in [3.8, 4) is 0 Å². The van der Waals surface area contributed by atoms with E-state index in [1.807, 2.05) is 67.6 Å². The molecule has 2 saturated heterocycles. The molecule has 5 atom stereocenters. The monoisotopic (exact) mass is 356 g/mol. The highest BCUT2D eigenvalue weighted by Crippen LogP contribution is 2.42. The third-order valence-electron chi connectivity index (χ3n) is 5.14. The second-order valence-electron chi connectivity index (χ2n) is 7.00. The first-order valence-corrected chi connectivity index (χ1v) is 8.95. The highest BCUT2D eigenvalue weighted by molar-refractivity contribution is 5.15. The molecular weight excluding hydrogens is 332 g/mol. The van der Waals surface area contributed by atoms with Crippen molar-refractivity contribution in [2.24, 2.45) is 0 Å². The molecule has 0 aliphatic carbocycles. The summed E-state index contributed by atoms with van der Waals surface area (Å²) in [6.45, 7) is 2.95. The molecule has 4 rings (SSSR count). The van der Waals surface area contributed by atoms with Gasteiger partial charge in [-0.15, -0.1) is 0 Å². The Kier molecular flexibility index (Phi) is 5.07. The highest BCUT2D eigenvalue weighted by atomic mass is 16.8. The molecule has 0 aromatic heterocycles.